The normalized spacial score (nSPS) is 15.9. The molecule has 2 rings (SSSR count). The van der Waals surface area contributed by atoms with Gasteiger partial charge >= 0.3 is 0 Å². The molecule has 27 heavy (non-hydrogen) atoms. The molecule has 4 atom stereocenters. The molecule has 0 fully saturated rings. The minimum Gasteiger partial charge on any atom is -0.366 e. The van der Waals surface area contributed by atoms with Crippen molar-refractivity contribution in [2.75, 3.05) is 0 Å². The molecular weight excluding hydrogens is 328 g/mol. The first kappa shape index (κ1) is 21.7. The Balaban J connectivity index is 2.36. The van der Waals surface area contributed by atoms with E-state index < -0.39 is 0 Å². The number of hydrogen-bond donors (Lipinski definition) is 0. The Hall–Kier alpha value is -1.60. The van der Waals surface area contributed by atoms with Crippen LogP contribution in [0.15, 0.2) is 48.5 Å². The van der Waals surface area contributed by atoms with E-state index in [9.17, 15) is 0 Å². The van der Waals surface area contributed by atoms with E-state index >= 15 is 0 Å². The third kappa shape index (κ3) is 6.21. The SMILES string of the molecule is CCC(C)CC(OC(CC(C)CC)c1ccccc1C)c1ccccc1C. The van der Waals surface area contributed by atoms with Crippen molar-refractivity contribution in [3.63, 3.8) is 0 Å². The number of rotatable bonds is 10. The van der Waals surface area contributed by atoms with Crippen molar-refractivity contribution in [2.24, 2.45) is 11.8 Å². The molecule has 0 aliphatic carbocycles. The summed E-state index contributed by atoms with van der Waals surface area (Å²) in [5.74, 6) is 1.30. The molecule has 0 heterocycles. The van der Waals surface area contributed by atoms with Crippen LogP contribution in [0.25, 0.3) is 0 Å². The summed E-state index contributed by atoms with van der Waals surface area (Å²) in [5.41, 5.74) is 5.36. The predicted molar refractivity (Wildman–Crippen MR) is 117 cm³/mol. The van der Waals surface area contributed by atoms with Crippen LogP contribution >= 0.6 is 0 Å². The Bertz CT molecular complexity index is 631. The Morgan fingerprint density at radius 1 is 0.667 bits per heavy atom. The molecule has 0 aliphatic heterocycles. The van der Waals surface area contributed by atoms with Gasteiger partial charge in [0, 0.05) is 0 Å². The molecule has 0 N–H and O–H groups in total. The van der Waals surface area contributed by atoms with Gasteiger partial charge in [0.15, 0.2) is 0 Å². The number of hydrogen-bond acceptors (Lipinski definition) is 1. The van der Waals surface area contributed by atoms with E-state index in [1.807, 2.05) is 0 Å². The molecule has 0 aromatic heterocycles. The molecule has 1 heteroatoms. The molecule has 4 unspecified atom stereocenters. The first-order valence-electron chi connectivity index (χ1n) is 10.7. The molecule has 2 aromatic carbocycles. The van der Waals surface area contributed by atoms with Gasteiger partial charge in [-0.1, -0.05) is 89.1 Å². The molecule has 148 valence electrons. The predicted octanol–water partition coefficient (Wildman–Crippen LogP) is 7.97. The van der Waals surface area contributed by atoms with Crippen molar-refractivity contribution in [1.29, 1.82) is 0 Å². The van der Waals surface area contributed by atoms with E-state index in [2.05, 4.69) is 90.1 Å². The van der Waals surface area contributed by atoms with E-state index in [0.717, 1.165) is 12.8 Å². The van der Waals surface area contributed by atoms with Crippen molar-refractivity contribution in [3.8, 4) is 0 Å². The van der Waals surface area contributed by atoms with Crippen LogP contribution in [0.3, 0.4) is 0 Å². The maximum Gasteiger partial charge on any atom is 0.0838 e. The summed E-state index contributed by atoms with van der Waals surface area (Å²) in [4.78, 5) is 0. The van der Waals surface area contributed by atoms with Gasteiger partial charge in [0.2, 0.25) is 0 Å². The average Bonchev–Trinajstić information content (AvgIpc) is 2.67. The highest BCUT2D eigenvalue weighted by Crippen LogP contribution is 2.37. The quantitative estimate of drug-likeness (QED) is 0.414. The van der Waals surface area contributed by atoms with Crippen LogP contribution in [0, 0.1) is 25.7 Å². The summed E-state index contributed by atoms with van der Waals surface area (Å²) in [7, 11) is 0. The molecule has 0 aliphatic rings. The van der Waals surface area contributed by atoms with Crippen LogP contribution in [-0.4, -0.2) is 0 Å². The van der Waals surface area contributed by atoms with E-state index in [1.165, 1.54) is 35.1 Å². The van der Waals surface area contributed by atoms with Crippen molar-refractivity contribution in [3.05, 3.63) is 70.8 Å². The molecule has 2 aromatic rings. The molecule has 0 saturated carbocycles. The number of benzene rings is 2. The topological polar surface area (TPSA) is 9.23 Å². The third-order valence-corrected chi connectivity index (χ3v) is 6.03. The summed E-state index contributed by atoms with van der Waals surface area (Å²) < 4.78 is 6.93. The van der Waals surface area contributed by atoms with Crippen molar-refractivity contribution >= 4 is 0 Å². The average molecular weight is 367 g/mol. The molecule has 0 saturated heterocycles. The van der Waals surface area contributed by atoms with E-state index in [4.69, 9.17) is 4.74 Å². The standard InChI is InChI=1S/C26H38O/c1-7-19(3)17-25(23-15-11-9-13-21(23)5)27-26(18-20(4)8-2)24-16-12-10-14-22(24)6/h9-16,19-20,25-26H,7-8,17-18H2,1-6H3. The highest BCUT2D eigenvalue weighted by Gasteiger charge is 2.24. The molecule has 0 amide bonds. The van der Waals surface area contributed by atoms with Crippen molar-refractivity contribution < 1.29 is 4.74 Å². The lowest BCUT2D eigenvalue weighted by molar-refractivity contribution is -0.0380. The summed E-state index contributed by atoms with van der Waals surface area (Å²) in [6.45, 7) is 13.6. The highest BCUT2D eigenvalue weighted by molar-refractivity contribution is 5.30. The fraction of sp³-hybridized carbons (Fsp3) is 0.538. The Morgan fingerprint density at radius 3 is 1.37 bits per heavy atom. The molecule has 0 bridgehead atoms. The minimum atomic E-state index is 0.148. The van der Waals surface area contributed by atoms with E-state index in [-0.39, 0.29) is 12.2 Å². The van der Waals surface area contributed by atoms with E-state index in [0.29, 0.717) is 11.8 Å². The Morgan fingerprint density at radius 2 is 1.04 bits per heavy atom. The second-order valence-electron chi connectivity index (χ2n) is 8.32. The summed E-state index contributed by atoms with van der Waals surface area (Å²) in [6.07, 6.45) is 4.82. The van der Waals surface area contributed by atoms with Crippen molar-refractivity contribution in [1.82, 2.24) is 0 Å². The van der Waals surface area contributed by atoms with Gasteiger partial charge in [-0.3, -0.25) is 0 Å². The zero-order valence-corrected chi connectivity index (χ0v) is 18.2. The number of ether oxygens (including phenoxy) is 1. The molecule has 1 nitrogen and oxygen atoms in total. The van der Waals surface area contributed by atoms with Gasteiger partial charge in [-0.2, -0.15) is 0 Å². The zero-order chi connectivity index (χ0) is 19.8. The number of aryl methyl sites for hydroxylation is 2. The first-order chi connectivity index (χ1) is 13.0. The van der Waals surface area contributed by atoms with Gasteiger partial charge in [0.1, 0.15) is 0 Å². The molecular formula is C26H38O. The monoisotopic (exact) mass is 366 g/mol. The Kier molecular flexibility index (Phi) is 8.57. The van der Waals surface area contributed by atoms with Crippen LogP contribution in [0.2, 0.25) is 0 Å². The van der Waals surface area contributed by atoms with Crippen LogP contribution in [0.4, 0.5) is 0 Å². The Labute approximate surface area is 167 Å². The van der Waals surface area contributed by atoms with Gasteiger partial charge in [-0.15, -0.1) is 0 Å². The largest absolute Gasteiger partial charge is 0.366 e. The lowest BCUT2D eigenvalue weighted by atomic mass is 9.91. The fourth-order valence-electron chi connectivity index (χ4n) is 3.67. The maximum absolute atomic E-state index is 6.93. The van der Waals surface area contributed by atoms with Gasteiger partial charge < -0.3 is 4.74 Å². The van der Waals surface area contributed by atoms with Gasteiger partial charge in [-0.25, -0.2) is 0 Å². The lowest BCUT2D eigenvalue weighted by Gasteiger charge is -2.30. The van der Waals surface area contributed by atoms with Crippen LogP contribution in [0.5, 0.6) is 0 Å². The third-order valence-electron chi connectivity index (χ3n) is 6.03. The summed E-state index contributed by atoms with van der Waals surface area (Å²) >= 11 is 0. The van der Waals surface area contributed by atoms with Crippen molar-refractivity contribution in [2.45, 2.75) is 79.4 Å². The summed E-state index contributed by atoms with van der Waals surface area (Å²) in [5, 5.41) is 0. The zero-order valence-electron chi connectivity index (χ0n) is 18.2. The fourth-order valence-corrected chi connectivity index (χ4v) is 3.67. The van der Waals surface area contributed by atoms with Gasteiger partial charge in [0.05, 0.1) is 12.2 Å². The van der Waals surface area contributed by atoms with Crippen LogP contribution in [0.1, 0.15) is 87.8 Å². The lowest BCUT2D eigenvalue weighted by Crippen LogP contribution is -2.17. The summed E-state index contributed by atoms with van der Waals surface area (Å²) in [6, 6.07) is 17.5. The smallest absolute Gasteiger partial charge is 0.0838 e. The van der Waals surface area contributed by atoms with Gasteiger partial charge in [0.25, 0.3) is 0 Å². The van der Waals surface area contributed by atoms with E-state index in [1.54, 1.807) is 0 Å². The first-order valence-corrected chi connectivity index (χ1v) is 10.7. The van der Waals surface area contributed by atoms with Crippen LogP contribution in [-0.2, 0) is 4.74 Å². The van der Waals surface area contributed by atoms with Crippen LogP contribution < -0.4 is 0 Å². The second kappa shape index (κ2) is 10.7. The van der Waals surface area contributed by atoms with Gasteiger partial charge in [-0.05, 0) is 60.8 Å². The molecule has 0 spiro atoms. The highest BCUT2D eigenvalue weighted by atomic mass is 16.5. The second-order valence-corrected chi connectivity index (χ2v) is 8.32. The molecule has 0 radical (unpaired) electrons. The minimum absolute atomic E-state index is 0.148. The maximum atomic E-state index is 6.93.